The van der Waals surface area contributed by atoms with E-state index in [0.29, 0.717) is 5.75 Å². The average molecular weight is 417 g/mol. The van der Waals surface area contributed by atoms with Gasteiger partial charge in [-0.15, -0.1) is 0 Å². The topological polar surface area (TPSA) is 154 Å². The number of amides is 2. The first kappa shape index (κ1) is 23.9. The molecule has 1 aliphatic rings. The minimum Gasteiger partial charge on any atom is -0.464 e. The summed E-state index contributed by atoms with van der Waals surface area (Å²) in [7, 11) is 0. The normalized spacial score (nSPS) is 21.6. The zero-order valence-corrected chi connectivity index (χ0v) is 17.1. The summed E-state index contributed by atoms with van der Waals surface area (Å²) in [5, 5.41) is 4.72. The molecule has 0 saturated carbocycles. The van der Waals surface area contributed by atoms with Gasteiger partial charge in [0.1, 0.15) is 19.1 Å². The number of carbonyl (C=O) groups excluding carboxylic acids is 5. The van der Waals surface area contributed by atoms with Crippen LogP contribution in [0.2, 0.25) is 0 Å². The van der Waals surface area contributed by atoms with E-state index < -0.39 is 46.9 Å². The van der Waals surface area contributed by atoms with Gasteiger partial charge in [-0.3, -0.25) is 24.0 Å². The third-order valence-electron chi connectivity index (χ3n) is 3.78. The molecule has 4 N–H and O–H groups in total. The highest BCUT2D eigenvalue weighted by molar-refractivity contribution is 8.13. The van der Waals surface area contributed by atoms with Crippen LogP contribution in [0.4, 0.5) is 0 Å². The van der Waals surface area contributed by atoms with Gasteiger partial charge in [-0.05, 0) is 6.92 Å². The summed E-state index contributed by atoms with van der Waals surface area (Å²) in [6.45, 7) is 4.69. The first-order valence-electron chi connectivity index (χ1n) is 8.84. The second-order valence-electron chi connectivity index (χ2n) is 7.04. The standard InChI is InChI=1S/C17H27N3O7S/c1-10(18)16(25)26-9-17(2,3)14-15(24)20-5-4-11(21)19-6-7-28-13(23)8-12(22)27-14/h10,14H,4-9,18H2,1-3H3,(H,19,21)(H,20,24)/t10-,14-/m0/s1. The molecule has 0 aromatic rings. The van der Waals surface area contributed by atoms with Gasteiger partial charge in [0, 0.05) is 30.7 Å². The van der Waals surface area contributed by atoms with Gasteiger partial charge in [-0.1, -0.05) is 25.6 Å². The molecule has 10 nitrogen and oxygen atoms in total. The number of nitrogens with two attached hydrogens (primary N) is 1. The van der Waals surface area contributed by atoms with E-state index in [4.69, 9.17) is 15.2 Å². The molecule has 0 radical (unpaired) electrons. The lowest BCUT2D eigenvalue weighted by molar-refractivity contribution is -0.169. The van der Waals surface area contributed by atoms with Crippen LogP contribution in [0.5, 0.6) is 0 Å². The van der Waals surface area contributed by atoms with Gasteiger partial charge < -0.3 is 25.8 Å². The predicted molar refractivity (Wildman–Crippen MR) is 101 cm³/mol. The molecule has 1 saturated heterocycles. The van der Waals surface area contributed by atoms with Gasteiger partial charge in [0.05, 0.1) is 0 Å². The smallest absolute Gasteiger partial charge is 0.322 e. The van der Waals surface area contributed by atoms with Crippen molar-refractivity contribution in [2.45, 2.75) is 45.8 Å². The molecule has 1 heterocycles. The van der Waals surface area contributed by atoms with Gasteiger partial charge in [-0.2, -0.15) is 0 Å². The van der Waals surface area contributed by atoms with E-state index in [0.717, 1.165) is 11.8 Å². The molecular weight excluding hydrogens is 390 g/mol. The number of thioether (sulfide) groups is 1. The summed E-state index contributed by atoms with van der Waals surface area (Å²) in [6.07, 6.45) is -1.81. The molecule has 28 heavy (non-hydrogen) atoms. The van der Waals surface area contributed by atoms with Crippen molar-refractivity contribution in [3.8, 4) is 0 Å². The third kappa shape index (κ3) is 8.26. The molecule has 158 valence electrons. The molecule has 1 rings (SSSR count). The molecule has 0 spiro atoms. The summed E-state index contributed by atoms with van der Waals surface area (Å²) in [6, 6.07) is -0.843. The highest BCUT2D eigenvalue weighted by atomic mass is 32.2. The fourth-order valence-corrected chi connectivity index (χ4v) is 2.86. The minimum absolute atomic E-state index is 0.0329. The second-order valence-corrected chi connectivity index (χ2v) is 8.20. The second kappa shape index (κ2) is 11.0. The number of ether oxygens (including phenoxy) is 2. The van der Waals surface area contributed by atoms with Crippen LogP contribution in [-0.2, 0) is 33.4 Å². The van der Waals surface area contributed by atoms with Crippen LogP contribution in [0, 0.1) is 5.41 Å². The molecule has 0 unspecified atom stereocenters. The quantitative estimate of drug-likeness (QED) is 0.390. The molecule has 0 aromatic carbocycles. The van der Waals surface area contributed by atoms with Crippen LogP contribution in [0.3, 0.4) is 0 Å². The van der Waals surface area contributed by atoms with Crippen molar-refractivity contribution in [1.82, 2.24) is 10.6 Å². The molecule has 0 bridgehead atoms. The molecule has 1 aliphatic heterocycles. The van der Waals surface area contributed by atoms with Crippen molar-refractivity contribution in [3.63, 3.8) is 0 Å². The average Bonchev–Trinajstić information content (AvgIpc) is 2.60. The van der Waals surface area contributed by atoms with Gasteiger partial charge in [0.2, 0.25) is 5.91 Å². The Morgan fingerprint density at radius 3 is 2.61 bits per heavy atom. The number of rotatable bonds is 4. The Bertz CT molecular complexity index is 622. The van der Waals surface area contributed by atoms with E-state index in [1.807, 2.05) is 0 Å². The zero-order valence-electron chi connectivity index (χ0n) is 16.2. The molecule has 2 atom stereocenters. The van der Waals surface area contributed by atoms with E-state index in [9.17, 15) is 24.0 Å². The Kier molecular flexibility index (Phi) is 9.39. The summed E-state index contributed by atoms with van der Waals surface area (Å²) in [5.41, 5.74) is 4.35. The van der Waals surface area contributed by atoms with Crippen molar-refractivity contribution in [2.24, 2.45) is 11.1 Å². The van der Waals surface area contributed by atoms with Crippen molar-refractivity contribution >= 4 is 40.6 Å². The van der Waals surface area contributed by atoms with Crippen molar-refractivity contribution in [3.05, 3.63) is 0 Å². The van der Waals surface area contributed by atoms with Crippen LogP contribution in [-0.4, -0.2) is 66.5 Å². The first-order valence-corrected chi connectivity index (χ1v) is 9.83. The maximum atomic E-state index is 12.6. The van der Waals surface area contributed by atoms with E-state index in [1.165, 1.54) is 6.92 Å². The van der Waals surface area contributed by atoms with Crippen LogP contribution in [0.25, 0.3) is 0 Å². The predicted octanol–water partition coefficient (Wildman–Crippen LogP) is -0.899. The monoisotopic (exact) mass is 417 g/mol. The maximum absolute atomic E-state index is 12.6. The first-order chi connectivity index (χ1) is 13.0. The highest BCUT2D eigenvalue weighted by Gasteiger charge is 2.40. The largest absolute Gasteiger partial charge is 0.464 e. The number of cyclic esters (lactones) is 1. The van der Waals surface area contributed by atoms with E-state index >= 15 is 0 Å². The van der Waals surface area contributed by atoms with Crippen LogP contribution in [0.1, 0.15) is 33.6 Å². The molecule has 11 heteroatoms. The summed E-state index contributed by atoms with van der Waals surface area (Å²) in [5.74, 6) is -2.12. The zero-order chi connectivity index (χ0) is 21.3. The van der Waals surface area contributed by atoms with Crippen LogP contribution < -0.4 is 16.4 Å². The highest BCUT2D eigenvalue weighted by Crippen LogP contribution is 2.25. The SMILES string of the molecule is C[C@H](N)C(=O)OCC(C)(C)[C@H]1OC(=O)CC(=O)SCCNC(=O)CCNC1=O. The van der Waals surface area contributed by atoms with E-state index in [-0.39, 0.29) is 32.0 Å². The summed E-state index contributed by atoms with van der Waals surface area (Å²) >= 11 is 0.897. The Morgan fingerprint density at radius 1 is 1.29 bits per heavy atom. The maximum Gasteiger partial charge on any atom is 0.322 e. The Labute approximate surface area is 167 Å². The molecular formula is C17H27N3O7S. The molecule has 0 aliphatic carbocycles. The van der Waals surface area contributed by atoms with Crippen molar-refractivity contribution in [1.29, 1.82) is 0 Å². The van der Waals surface area contributed by atoms with E-state index in [1.54, 1.807) is 13.8 Å². The Morgan fingerprint density at radius 2 is 1.96 bits per heavy atom. The van der Waals surface area contributed by atoms with Crippen molar-refractivity contribution < 1.29 is 33.4 Å². The number of esters is 2. The lowest BCUT2D eigenvalue weighted by Crippen LogP contribution is -2.50. The van der Waals surface area contributed by atoms with Crippen LogP contribution in [0.15, 0.2) is 0 Å². The summed E-state index contributed by atoms with van der Waals surface area (Å²) in [4.78, 5) is 59.9. The number of carbonyl (C=O) groups is 5. The van der Waals surface area contributed by atoms with Gasteiger partial charge in [-0.25, -0.2) is 0 Å². The van der Waals surface area contributed by atoms with Gasteiger partial charge >= 0.3 is 11.9 Å². The third-order valence-corrected chi connectivity index (χ3v) is 4.66. The molecule has 2 amide bonds. The van der Waals surface area contributed by atoms with Crippen LogP contribution >= 0.6 is 11.8 Å². The molecule has 0 aromatic heterocycles. The number of hydrogen-bond acceptors (Lipinski definition) is 9. The fraction of sp³-hybridized carbons (Fsp3) is 0.706. The van der Waals surface area contributed by atoms with Crippen molar-refractivity contribution in [2.75, 3.05) is 25.4 Å². The van der Waals surface area contributed by atoms with E-state index in [2.05, 4.69) is 10.6 Å². The van der Waals surface area contributed by atoms with Gasteiger partial charge in [0.25, 0.3) is 5.91 Å². The van der Waals surface area contributed by atoms with Gasteiger partial charge in [0.15, 0.2) is 11.2 Å². The number of nitrogens with one attached hydrogen (secondary N) is 2. The fourth-order valence-electron chi connectivity index (χ4n) is 2.21. The number of hydrogen-bond donors (Lipinski definition) is 3. The lowest BCUT2D eigenvalue weighted by Gasteiger charge is -2.32. The summed E-state index contributed by atoms with van der Waals surface area (Å²) < 4.78 is 10.3. The minimum atomic E-state index is -1.33. The Balaban J connectivity index is 2.93. The molecule has 1 fully saturated rings. The lowest BCUT2D eigenvalue weighted by atomic mass is 9.86. The Hall–Kier alpha value is -2.14.